The molecule has 3 heterocycles. The fraction of sp³-hybridized carbons (Fsp3) is 0.263. The maximum absolute atomic E-state index is 13.3. The molecule has 1 amide bonds. The summed E-state index contributed by atoms with van der Waals surface area (Å²) in [5.41, 5.74) is 0.388. The molecule has 0 aliphatic carbocycles. The van der Waals surface area contributed by atoms with Crippen LogP contribution in [-0.4, -0.2) is 32.1 Å². The van der Waals surface area contributed by atoms with Crippen LogP contribution < -0.4 is 11.1 Å². The van der Waals surface area contributed by atoms with Gasteiger partial charge in [-0.2, -0.15) is 5.10 Å². The number of aryl methyl sites for hydroxylation is 1. The van der Waals surface area contributed by atoms with E-state index in [2.05, 4.69) is 10.1 Å². The minimum absolute atomic E-state index is 0.185. The lowest BCUT2D eigenvalue weighted by atomic mass is 10.1. The van der Waals surface area contributed by atoms with Gasteiger partial charge in [-0.15, -0.1) is 0 Å². The number of H-pyrrole nitrogens is 1. The summed E-state index contributed by atoms with van der Waals surface area (Å²) in [5, 5.41) is 5.22. The average molecular weight is 350 g/mol. The highest BCUT2D eigenvalue weighted by Gasteiger charge is 2.33. The van der Waals surface area contributed by atoms with Crippen LogP contribution in [0.15, 0.2) is 52.2 Å². The van der Waals surface area contributed by atoms with Gasteiger partial charge in [0.15, 0.2) is 5.69 Å². The van der Waals surface area contributed by atoms with Crippen LogP contribution in [0.2, 0.25) is 0 Å². The van der Waals surface area contributed by atoms with Crippen LogP contribution in [0.5, 0.6) is 0 Å². The van der Waals surface area contributed by atoms with Crippen molar-refractivity contribution in [3.63, 3.8) is 0 Å². The standard InChI is InChI=1S/C19H18N4O3/c1-22-18(25)13-7-3-2-6-12(13)16(21-22)19(26)23-11-5-9-15(23)14-8-4-10-20-17(14)24/h2-4,6-8,10,15H,5,9,11H2,1H3,(H,20,24). The van der Waals surface area contributed by atoms with Gasteiger partial charge in [0.2, 0.25) is 0 Å². The van der Waals surface area contributed by atoms with Crippen molar-refractivity contribution in [3.8, 4) is 0 Å². The van der Waals surface area contributed by atoms with E-state index in [9.17, 15) is 14.4 Å². The summed E-state index contributed by atoms with van der Waals surface area (Å²) in [7, 11) is 1.54. The number of nitrogens with zero attached hydrogens (tertiary/aromatic N) is 3. The number of benzene rings is 1. The summed E-state index contributed by atoms with van der Waals surface area (Å²) in [6, 6.07) is 10.2. The molecule has 1 saturated heterocycles. The molecular weight excluding hydrogens is 332 g/mol. The lowest BCUT2D eigenvalue weighted by molar-refractivity contribution is 0.0728. The highest BCUT2D eigenvalue weighted by atomic mass is 16.2. The number of nitrogens with one attached hydrogen (secondary N) is 1. The molecule has 26 heavy (non-hydrogen) atoms. The van der Waals surface area contributed by atoms with E-state index in [4.69, 9.17) is 0 Å². The fourth-order valence-corrected chi connectivity index (χ4v) is 3.62. The molecule has 7 nitrogen and oxygen atoms in total. The van der Waals surface area contributed by atoms with Crippen LogP contribution in [0.25, 0.3) is 10.8 Å². The van der Waals surface area contributed by atoms with Crippen LogP contribution in [0, 0.1) is 0 Å². The smallest absolute Gasteiger partial charge is 0.275 e. The monoisotopic (exact) mass is 350 g/mol. The van der Waals surface area contributed by atoms with Gasteiger partial charge in [-0.05, 0) is 31.0 Å². The number of amides is 1. The van der Waals surface area contributed by atoms with Crippen molar-refractivity contribution in [2.75, 3.05) is 6.54 Å². The molecule has 7 heteroatoms. The summed E-state index contributed by atoms with van der Waals surface area (Å²) in [6.07, 6.45) is 3.12. The molecule has 2 aromatic heterocycles. The number of aromatic amines is 1. The molecule has 1 fully saturated rings. The van der Waals surface area contributed by atoms with Crippen molar-refractivity contribution >= 4 is 16.7 Å². The van der Waals surface area contributed by atoms with Crippen molar-refractivity contribution in [2.24, 2.45) is 7.05 Å². The van der Waals surface area contributed by atoms with Crippen molar-refractivity contribution in [2.45, 2.75) is 18.9 Å². The molecule has 1 N–H and O–H groups in total. The normalized spacial score (nSPS) is 17.0. The van der Waals surface area contributed by atoms with Gasteiger partial charge in [0.25, 0.3) is 17.0 Å². The molecule has 0 spiro atoms. The van der Waals surface area contributed by atoms with Gasteiger partial charge < -0.3 is 9.88 Å². The minimum atomic E-state index is -0.287. The van der Waals surface area contributed by atoms with Gasteiger partial charge >= 0.3 is 0 Å². The van der Waals surface area contributed by atoms with Gasteiger partial charge in [-0.1, -0.05) is 18.2 Å². The Kier molecular flexibility index (Phi) is 3.91. The molecule has 1 atom stereocenters. The van der Waals surface area contributed by atoms with E-state index < -0.39 is 0 Å². The molecule has 0 radical (unpaired) electrons. The number of likely N-dealkylation sites (tertiary alicyclic amines) is 1. The summed E-state index contributed by atoms with van der Waals surface area (Å²) in [4.78, 5) is 42.1. The fourth-order valence-electron chi connectivity index (χ4n) is 3.62. The van der Waals surface area contributed by atoms with E-state index >= 15 is 0 Å². The predicted octanol–water partition coefficient (Wildman–Crippen LogP) is 1.60. The number of rotatable bonds is 2. The Morgan fingerprint density at radius 1 is 1.15 bits per heavy atom. The number of hydrogen-bond acceptors (Lipinski definition) is 4. The van der Waals surface area contributed by atoms with E-state index in [0.29, 0.717) is 22.9 Å². The number of hydrogen-bond donors (Lipinski definition) is 1. The van der Waals surface area contributed by atoms with E-state index in [1.54, 1.807) is 47.5 Å². The molecule has 0 bridgehead atoms. The third kappa shape index (κ3) is 2.52. The molecule has 0 saturated carbocycles. The summed E-state index contributed by atoms with van der Waals surface area (Å²) in [6.45, 7) is 0.552. The van der Waals surface area contributed by atoms with Crippen molar-refractivity contribution < 1.29 is 4.79 Å². The molecular formula is C19H18N4O3. The number of aromatic nitrogens is 3. The largest absolute Gasteiger partial charge is 0.330 e. The maximum Gasteiger partial charge on any atom is 0.275 e. The Balaban J connectivity index is 1.82. The van der Waals surface area contributed by atoms with E-state index in [1.165, 1.54) is 11.7 Å². The Labute approximate surface area is 148 Å². The first-order valence-corrected chi connectivity index (χ1v) is 8.52. The second-order valence-corrected chi connectivity index (χ2v) is 6.43. The zero-order valence-corrected chi connectivity index (χ0v) is 14.3. The third-order valence-electron chi connectivity index (χ3n) is 4.88. The topological polar surface area (TPSA) is 88.1 Å². The highest BCUT2D eigenvalue weighted by Crippen LogP contribution is 2.31. The van der Waals surface area contributed by atoms with E-state index in [-0.39, 0.29) is 28.8 Å². The second-order valence-electron chi connectivity index (χ2n) is 6.43. The zero-order chi connectivity index (χ0) is 18.3. The number of carbonyl (C=O) groups excluding carboxylic acids is 1. The lowest BCUT2D eigenvalue weighted by Crippen LogP contribution is -2.35. The Hall–Kier alpha value is -3.22. The van der Waals surface area contributed by atoms with Gasteiger partial charge in [0, 0.05) is 30.7 Å². The second kappa shape index (κ2) is 6.25. The zero-order valence-electron chi connectivity index (χ0n) is 14.3. The van der Waals surface area contributed by atoms with Crippen LogP contribution >= 0.6 is 0 Å². The molecule has 3 aromatic rings. The SMILES string of the molecule is Cn1nc(C(=O)N2CCCC2c2ccc[nH]c2=O)c2ccccc2c1=O. The third-order valence-corrected chi connectivity index (χ3v) is 4.88. The van der Waals surface area contributed by atoms with Crippen molar-refractivity contribution in [1.29, 1.82) is 0 Å². The van der Waals surface area contributed by atoms with E-state index in [1.807, 2.05) is 0 Å². The van der Waals surface area contributed by atoms with Crippen LogP contribution in [-0.2, 0) is 7.05 Å². The van der Waals surface area contributed by atoms with Crippen LogP contribution in [0.4, 0.5) is 0 Å². The minimum Gasteiger partial charge on any atom is -0.330 e. The first-order chi connectivity index (χ1) is 12.6. The number of carbonyl (C=O) groups is 1. The molecule has 1 aliphatic heterocycles. The highest BCUT2D eigenvalue weighted by molar-refractivity contribution is 6.05. The van der Waals surface area contributed by atoms with Crippen LogP contribution in [0.1, 0.15) is 34.9 Å². The first-order valence-electron chi connectivity index (χ1n) is 8.52. The quantitative estimate of drug-likeness (QED) is 0.760. The van der Waals surface area contributed by atoms with Crippen molar-refractivity contribution in [3.05, 3.63) is 74.6 Å². The van der Waals surface area contributed by atoms with Gasteiger partial charge in [-0.3, -0.25) is 14.4 Å². The lowest BCUT2D eigenvalue weighted by Gasteiger charge is -2.24. The molecule has 132 valence electrons. The summed E-state index contributed by atoms with van der Waals surface area (Å²) in [5.74, 6) is -0.262. The Morgan fingerprint density at radius 3 is 2.69 bits per heavy atom. The van der Waals surface area contributed by atoms with Gasteiger partial charge in [-0.25, -0.2) is 4.68 Å². The first kappa shape index (κ1) is 16.3. The molecule has 1 aliphatic rings. The molecule has 4 rings (SSSR count). The Morgan fingerprint density at radius 2 is 1.92 bits per heavy atom. The summed E-state index contributed by atoms with van der Waals surface area (Å²) < 4.78 is 1.19. The maximum atomic E-state index is 13.3. The summed E-state index contributed by atoms with van der Waals surface area (Å²) >= 11 is 0. The van der Waals surface area contributed by atoms with Gasteiger partial charge in [0.1, 0.15) is 0 Å². The number of fused-ring (bicyclic) bond motifs is 1. The van der Waals surface area contributed by atoms with Crippen molar-refractivity contribution in [1.82, 2.24) is 19.7 Å². The van der Waals surface area contributed by atoms with Gasteiger partial charge in [0.05, 0.1) is 11.4 Å². The van der Waals surface area contributed by atoms with E-state index in [0.717, 1.165) is 12.8 Å². The number of pyridine rings is 1. The Bertz CT molecular complexity index is 1120. The predicted molar refractivity (Wildman–Crippen MR) is 97.1 cm³/mol. The average Bonchev–Trinajstić information content (AvgIpc) is 3.14. The molecule has 1 unspecified atom stereocenters. The van der Waals surface area contributed by atoms with Crippen LogP contribution in [0.3, 0.4) is 0 Å². The molecule has 1 aromatic carbocycles.